The number of ether oxygens (including phenoxy) is 2. The number of nitrogens with zero attached hydrogens (tertiary/aromatic N) is 3. The van der Waals surface area contributed by atoms with Crippen molar-refractivity contribution in [1.29, 1.82) is 5.26 Å². The van der Waals surface area contributed by atoms with Crippen molar-refractivity contribution in [2.75, 3.05) is 18.6 Å². The van der Waals surface area contributed by atoms with Crippen LogP contribution < -0.4 is 14.4 Å². The second kappa shape index (κ2) is 10.4. The molecular weight excluding hydrogens is 446 g/mol. The van der Waals surface area contributed by atoms with Gasteiger partial charge in [-0.05, 0) is 56.2 Å². The Morgan fingerprint density at radius 2 is 1.91 bits per heavy atom. The Bertz CT molecular complexity index is 1340. The van der Waals surface area contributed by atoms with Crippen LogP contribution in [0.3, 0.4) is 0 Å². The maximum atomic E-state index is 13.5. The molecule has 0 aliphatic rings. The molecule has 0 N–H and O–H groups in total. The molecule has 0 bridgehead atoms. The van der Waals surface area contributed by atoms with Gasteiger partial charge in [-0.3, -0.25) is 9.69 Å². The van der Waals surface area contributed by atoms with Crippen LogP contribution in [0.15, 0.2) is 60.7 Å². The Morgan fingerprint density at radius 1 is 1.09 bits per heavy atom. The number of rotatable bonds is 8. The molecule has 0 radical (unpaired) electrons. The lowest BCUT2D eigenvalue weighted by Crippen LogP contribution is -2.26. The first-order chi connectivity index (χ1) is 16.5. The highest BCUT2D eigenvalue weighted by molar-refractivity contribution is 7.22. The summed E-state index contributed by atoms with van der Waals surface area (Å²) in [6.07, 6.45) is 0.816. The van der Waals surface area contributed by atoms with Gasteiger partial charge in [-0.25, -0.2) is 4.98 Å². The van der Waals surface area contributed by atoms with Gasteiger partial charge in [-0.15, -0.1) is 0 Å². The summed E-state index contributed by atoms with van der Waals surface area (Å²) >= 11 is 1.51. The van der Waals surface area contributed by atoms with Crippen LogP contribution >= 0.6 is 11.3 Å². The molecule has 0 saturated heterocycles. The molecule has 34 heavy (non-hydrogen) atoms. The number of aryl methyl sites for hydroxylation is 2. The van der Waals surface area contributed by atoms with E-state index in [2.05, 4.69) is 12.1 Å². The molecule has 4 aromatic rings. The van der Waals surface area contributed by atoms with Gasteiger partial charge in [-0.1, -0.05) is 41.2 Å². The van der Waals surface area contributed by atoms with E-state index in [1.165, 1.54) is 18.4 Å². The zero-order valence-corrected chi connectivity index (χ0v) is 20.2. The standard InChI is InChI=1S/C27H25N3O3S/c1-18-10-12-22(19(2)15-18)30(27-29-21-7-4-5-8-25(21)34-27)26(31)9-6-14-33-23-13-11-20(17-28)16-24(23)32-3/h4-5,7-8,10-13,15-16H,6,9,14H2,1-3H3. The van der Waals surface area contributed by atoms with E-state index in [9.17, 15) is 4.79 Å². The van der Waals surface area contributed by atoms with E-state index < -0.39 is 0 Å². The van der Waals surface area contributed by atoms with E-state index in [1.54, 1.807) is 23.1 Å². The van der Waals surface area contributed by atoms with Crippen molar-refractivity contribution >= 4 is 38.3 Å². The quantitative estimate of drug-likeness (QED) is 0.281. The third kappa shape index (κ3) is 5.03. The maximum absolute atomic E-state index is 13.5. The molecule has 0 aliphatic heterocycles. The van der Waals surface area contributed by atoms with Crippen LogP contribution in [0.1, 0.15) is 29.5 Å². The smallest absolute Gasteiger partial charge is 0.233 e. The van der Waals surface area contributed by atoms with Gasteiger partial charge in [-0.2, -0.15) is 5.26 Å². The number of fused-ring (bicyclic) bond motifs is 1. The summed E-state index contributed by atoms with van der Waals surface area (Å²) in [4.78, 5) is 19.9. The molecule has 1 aromatic heterocycles. The van der Waals surface area contributed by atoms with Gasteiger partial charge in [0.25, 0.3) is 0 Å². The molecule has 0 fully saturated rings. The van der Waals surface area contributed by atoms with Crippen LogP contribution in [0, 0.1) is 25.2 Å². The molecule has 1 amide bonds. The Balaban J connectivity index is 1.51. The fourth-order valence-corrected chi connectivity index (χ4v) is 4.73. The molecule has 0 unspecified atom stereocenters. The predicted octanol–water partition coefficient (Wildman–Crippen LogP) is 6.32. The van der Waals surface area contributed by atoms with E-state index in [0.29, 0.717) is 41.6 Å². The molecule has 172 valence electrons. The number of para-hydroxylation sites is 1. The summed E-state index contributed by atoms with van der Waals surface area (Å²) in [5.74, 6) is 1.00. The Kier molecular flexibility index (Phi) is 7.09. The molecular formula is C27H25N3O3S. The zero-order valence-electron chi connectivity index (χ0n) is 19.4. The number of nitriles is 1. The number of carbonyl (C=O) groups is 1. The van der Waals surface area contributed by atoms with Crippen LogP contribution in [-0.2, 0) is 4.79 Å². The van der Waals surface area contributed by atoms with E-state index >= 15 is 0 Å². The first-order valence-corrected chi connectivity index (χ1v) is 11.8. The summed E-state index contributed by atoms with van der Waals surface area (Å²) in [6, 6.07) is 21.1. The number of benzene rings is 3. The average Bonchev–Trinajstić information content (AvgIpc) is 3.27. The molecule has 6 nitrogen and oxygen atoms in total. The molecule has 0 atom stereocenters. The summed E-state index contributed by atoms with van der Waals surface area (Å²) in [6.45, 7) is 4.39. The normalized spacial score (nSPS) is 10.6. The van der Waals surface area contributed by atoms with Gasteiger partial charge in [0.05, 0.1) is 41.3 Å². The summed E-state index contributed by atoms with van der Waals surface area (Å²) in [5, 5.41) is 9.71. The molecule has 0 spiro atoms. The van der Waals surface area contributed by atoms with E-state index in [0.717, 1.165) is 27.0 Å². The van der Waals surface area contributed by atoms with Gasteiger partial charge in [0.2, 0.25) is 5.91 Å². The third-order valence-electron chi connectivity index (χ3n) is 5.40. The minimum atomic E-state index is -0.0404. The highest BCUT2D eigenvalue weighted by atomic mass is 32.1. The number of methoxy groups -OCH3 is 1. The van der Waals surface area contributed by atoms with Gasteiger partial charge in [0.15, 0.2) is 16.6 Å². The largest absolute Gasteiger partial charge is 0.493 e. The van der Waals surface area contributed by atoms with Gasteiger partial charge in [0, 0.05) is 12.5 Å². The predicted molar refractivity (Wildman–Crippen MR) is 135 cm³/mol. The molecule has 7 heteroatoms. The topological polar surface area (TPSA) is 75.5 Å². The average molecular weight is 472 g/mol. The molecule has 0 saturated carbocycles. The maximum Gasteiger partial charge on any atom is 0.233 e. The van der Waals surface area contributed by atoms with Crippen molar-refractivity contribution in [2.24, 2.45) is 0 Å². The molecule has 1 heterocycles. The van der Waals surface area contributed by atoms with Crippen molar-refractivity contribution in [3.8, 4) is 17.6 Å². The van der Waals surface area contributed by atoms with Gasteiger partial charge >= 0.3 is 0 Å². The Morgan fingerprint density at radius 3 is 2.65 bits per heavy atom. The Labute approximate surface area is 203 Å². The lowest BCUT2D eigenvalue weighted by molar-refractivity contribution is -0.118. The number of hydrogen-bond donors (Lipinski definition) is 0. The zero-order chi connectivity index (χ0) is 24.1. The van der Waals surface area contributed by atoms with Gasteiger partial charge in [0.1, 0.15) is 0 Å². The van der Waals surface area contributed by atoms with E-state index in [1.807, 2.05) is 50.2 Å². The third-order valence-corrected chi connectivity index (χ3v) is 6.42. The Hall–Kier alpha value is -3.89. The van der Waals surface area contributed by atoms with Gasteiger partial charge < -0.3 is 9.47 Å². The molecule has 3 aromatic carbocycles. The van der Waals surface area contributed by atoms with E-state index in [-0.39, 0.29) is 5.91 Å². The number of amides is 1. The van der Waals surface area contributed by atoms with Crippen LogP contribution in [0.2, 0.25) is 0 Å². The molecule has 4 rings (SSSR count). The van der Waals surface area contributed by atoms with Crippen LogP contribution in [-0.4, -0.2) is 24.6 Å². The minimum Gasteiger partial charge on any atom is -0.493 e. The number of hydrogen-bond acceptors (Lipinski definition) is 6. The van der Waals surface area contributed by atoms with Crippen molar-refractivity contribution in [2.45, 2.75) is 26.7 Å². The molecule has 0 aliphatic carbocycles. The highest BCUT2D eigenvalue weighted by Gasteiger charge is 2.23. The van der Waals surface area contributed by atoms with Crippen LogP contribution in [0.4, 0.5) is 10.8 Å². The monoisotopic (exact) mass is 471 g/mol. The lowest BCUT2D eigenvalue weighted by atomic mass is 10.1. The summed E-state index contributed by atoms with van der Waals surface area (Å²) in [7, 11) is 1.53. The fourth-order valence-electron chi connectivity index (χ4n) is 3.73. The second-order valence-corrected chi connectivity index (χ2v) is 8.92. The van der Waals surface area contributed by atoms with Crippen molar-refractivity contribution in [3.63, 3.8) is 0 Å². The summed E-state index contributed by atoms with van der Waals surface area (Å²) in [5.41, 5.74) is 4.37. The number of aromatic nitrogens is 1. The number of thiazole rings is 1. The first-order valence-electron chi connectivity index (χ1n) is 11.0. The highest BCUT2D eigenvalue weighted by Crippen LogP contribution is 2.36. The lowest BCUT2D eigenvalue weighted by Gasteiger charge is -2.22. The number of anilines is 2. The van der Waals surface area contributed by atoms with Crippen molar-refractivity contribution in [1.82, 2.24) is 4.98 Å². The van der Waals surface area contributed by atoms with Crippen LogP contribution in [0.25, 0.3) is 10.2 Å². The van der Waals surface area contributed by atoms with Crippen molar-refractivity contribution < 1.29 is 14.3 Å². The van der Waals surface area contributed by atoms with E-state index in [4.69, 9.17) is 19.7 Å². The van der Waals surface area contributed by atoms with Crippen LogP contribution in [0.5, 0.6) is 11.5 Å². The summed E-state index contributed by atoms with van der Waals surface area (Å²) < 4.78 is 12.2. The fraction of sp³-hybridized carbons (Fsp3) is 0.222. The van der Waals surface area contributed by atoms with Crippen molar-refractivity contribution in [3.05, 3.63) is 77.4 Å². The SMILES string of the molecule is COc1cc(C#N)ccc1OCCCC(=O)N(c1nc2ccccc2s1)c1ccc(C)cc1C. The number of carbonyl (C=O) groups excluding carboxylic acids is 1. The minimum absolute atomic E-state index is 0.0404. The second-order valence-electron chi connectivity index (χ2n) is 7.91. The first kappa shape index (κ1) is 23.3.